The van der Waals surface area contributed by atoms with Gasteiger partial charge in [-0.15, -0.1) is 0 Å². The summed E-state index contributed by atoms with van der Waals surface area (Å²) in [7, 11) is 0. The van der Waals surface area contributed by atoms with E-state index in [1.54, 1.807) is 0 Å². The van der Waals surface area contributed by atoms with E-state index < -0.39 is 5.97 Å². The number of benzene rings is 1. The Labute approximate surface area is 152 Å². The zero-order valence-electron chi connectivity index (χ0n) is 14.5. The number of carbonyl (C=O) groups excluding carboxylic acids is 1. The van der Waals surface area contributed by atoms with Gasteiger partial charge in [0.1, 0.15) is 0 Å². The molecule has 1 aromatic rings. The molecule has 1 aliphatic carbocycles. The molecular formula is C20H23N3O3. The van der Waals surface area contributed by atoms with Crippen molar-refractivity contribution in [1.82, 2.24) is 10.6 Å². The third kappa shape index (κ3) is 4.14. The van der Waals surface area contributed by atoms with Crippen molar-refractivity contribution in [2.75, 3.05) is 0 Å². The Morgan fingerprint density at radius 2 is 1.88 bits per heavy atom. The summed E-state index contributed by atoms with van der Waals surface area (Å²) in [6, 6.07) is 10.00. The molecule has 5 N–H and O–H groups in total. The molecule has 6 nitrogen and oxygen atoms in total. The zero-order valence-corrected chi connectivity index (χ0v) is 14.5. The minimum Gasteiger partial charge on any atom is -0.481 e. The zero-order chi connectivity index (χ0) is 18.5. The highest BCUT2D eigenvalue weighted by atomic mass is 16.4. The van der Waals surface area contributed by atoms with Crippen LogP contribution in [-0.2, 0) is 9.59 Å². The minimum absolute atomic E-state index is 0.166. The maximum Gasteiger partial charge on any atom is 0.303 e. The second-order valence-corrected chi connectivity index (χ2v) is 6.51. The van der Waals surface area contributed by atoms with Gasteiger partial charge in [0.25, 0.3) is 0 Å². The number of hydrogen-bond acceptors (Lipinski definition) is 4. The summed E-state index contributed by atoms with van der Waals surface area (Å²) >= 11 is 0. The quantitative estimate of drug-likeness (QED) is 0.564. The number of fused-ring (bicyclic) bond motifs is 1. The first-order valence-corrected chi connectivity index (χ1v) is 8.80. The molecule has 0 bridgehead atoms. The maximum atomic E-state index is 11.5. The average molecular weight is 353 g/mol. The molecule has 0 spiro atoms. The summed E-state index contributed by atoms with van der Waals surface area (Å²) in [5.74, 6) is -1.42. The molecular weight excluding hydrogens is 330 g/mol. The van der Waals surface area contributed by atoms with E-state index in [9.17, 15) is 9.59 Å². The molecule has 1 unspecified atom stereocenters. The number of nitrogens with one attached hydrogen (secondary N) is 2. The van der Waals surface area contributed by atoms with Crippen molar-refractivity contribution in [3.05, 3.63) is 65.1 Å². The van der Waals surface area contributed by atoms with E-state index in [0.29, 0.717) is 12.8 Å². The average Bonchev–Trinajstić information content (AvgIpc) is 2.64. The van der Waals surface area contributed by atoms with Crippen LogP contribution in [0.4, 0.5) is 0 Å². The number of nitrogens with two attached hydrogens (primary N) is 1. The molecule has 26 heavy (non-hydrogen) atoms. The van der Waals surface area contributed by atoms with E-state index in [2.05, 4.69) is 10.6 Å². The number of carbonyl (C=O) groups is 2. The van der Waals surface area contributed by atoms with E-state index in [1.807, 2.05) is 42.5 Å². The third-order valence-corrected chi connectivity index (χ3v) is 4.58. The third-order valence-electron chi connectivity index (χ3n) is 4.58. The molecule has 0 fully saturated rings. The first-order chi connectivity index (χ1) is 12.5. The Balaban J connectivity index is 1.85. The van der Waals surface area contributed by atoms with Crippen molar-refractivity contribution in [1.29, 1.82) is 0 Å². The van der Waals surface area contributed by atoms with Gasteiger partial charge in [0.15, 0.2) is 0 Å². The predicted molar refractivity (Wildman–Crippen MR) is 99.2 cm³/mol. The van der Waals surface area contributed by atoms with Gasteiger partial charge in [-0.2, -0.15) is 0 Å². The topological polar surface area (TPSA) is 104 Å². The molecule has 1 aromatic carbocycles. The second kappa shape index (κ2) is 7.91. The molecule has 136 valence electrons. The Morgan fingerprint density at radius 1 is 1.12 bits per heavy atom. The van der Waals surface area contributed by atoms with Gasteiger partial charge in [-0.25, -0.2) is 0 Å². The van der Waals surface area contributed by atoms with E-state index in [-0.39, 0.29) is 18.2 Å². The summed E-state index contributed by atoms with van der Waals surface area (Å²) < 4.78 is 0. The Bertz CT molecular complexity index is 794. The summed E-state index contributed by atoms with van der Waals surface area (Å²) in [6.45, 7) is 0. The van der Waals surface area contributed by atoms with Crippen molar-refractivity contribution in [2.24, 2.45) is 11.7 Å². The van der Waals surface area contributed by atoms with Gasteiger partial charge < -0.3 is 21.5 Å². The van der Waals surface area contributed by atoms with Crippen LogP contribution in [0.25, 0.3) is 5.70 Å². The molecule has 3 rings (SSSR count). The van der Waals surface area contributed by atoms with Crippen molar-refractivity contribution in [3.8, 4) is 0 Å². The van der Waals surface area contributed by atoms with Crippen LogP contribution in [0, 0.1) is 5.92 Å². The largest absolute Gasteiger partial charge is 0.481 e. The lowest BCUT2D eigenvalue weighted by Crippen LogP contribution is -2.35. The smallest absolute Gasteiger partial charge is 0.303 e. The van der Waals surface area contributed by atoms with Crippen LogP contribution in [-0.4, -0.2) is 17.0 Å². The number of aliphatic carboxylic acids is 1. The van der Waals surface area contributed by atoms with Crippen LogP contribution in [0.2, 0.25) is 0 Å². The number of carboxylic acid groups (broad SMARTS) is 1. The van der Waals surface area contributed by atoms with Gasteiger partial charge in [-0.3, -0.25) is 9.59 Å². The van der Waals surface area contributed by atoms with Crippen LogP contribution in [0.5, 0.6) is 0 Å². The molecule has 1 atom stereocenters. The van der Waals surface area contributed by atoms with Crippen LogP contribution < -0.4 is 16.4 Å². The Morgan fingerprint density at radius 3 is 2.58 bits per heavy atom. The van der Waals surface area contributed by atoms with E-state index in [1.165, 1.54) is 0 Å². The van der Waals surface area contributed by atoms with Gasteiger partial charge in [0, 0.05) is 12.1 Å². The summed E-state index contributed by atoms with van der Waals surface area (Å²) in [6.07, 6.45) is 6.70. The van der Waals surface area contributed by atoms with Crippen molar-refractivity contribution >= 4 is 17.6 Å². The highest BCUT2D eigenvalue weighted by molar-refractivity contribution is 5.80. The lowest BCUT2D eigenvalue weighted by Gasteiger charge is -2.31. The van der Waals surface area contributed by atoms with E-state index in [4.69, 9.17) is 10.8 Å². The van der Waals surface area contributed by atoms with Crippen LogP contribution in [0.15, 0.2) is 59.6 Å². The van der Waals surface area contributed by atoms with Gasteiger partial charge in [-0.1, -0.05) is 36.4 Å². The van der Waals surface area contributed by atoms with Gasteiger partial charge in [0.05, 0.1) is 23.0 Å². The number of rotatable bonds is 7. The molecule has 0 saturated heterocycles. The van der Waals surface area contributed by atoms with Crippen LogP contribution in [0.3, 0.4) is 0 Å². The number of unbranched alkanes of at least 4 members (excludes halogenated alkanes) is 1. The molecule has 1 heterocycles. The Hall–Kier alpha value is -3.02. The highest BCUT2D eigenvalue weighted by Crippen LogP contribution is 2.30. The first kappa shape index (κ1) is 17.8. The monoisotopic (exact) mass is 353 g/mol. The fourth-order valence-electron chi connectivity index (χ4n) is 3.19. The first-order valence-electron chi connectivity index (χ1n) is 8.80. The number of primary amides is 1. The Kier molecular flexibility index (Phi) is 5.41. The number of hydrogen-bond donors (Lipinski definition) is 4. The number of allylic oxidation sites excluding steroid dienone is 2. The van der Waals surface area contributed by atoms with E-state index >= 15 is 0 Å². The van der Waals surface area contributed by atoms with Crippen molar-refractivity contribution in [3.63, 3.8) is 0 Å². The number of carboxylic acids is 1. The molecule has 0 aromatic heterocycles. The van der Waals surface area contributed by atoms with Crippen LogP contribution in [0.1, 0.15) is 37.7 Å². The summed E-state index contributed by atoms with van der Waals surface area (Å²) in [4.78, 5) is 22.2. The SMILES string of the molecule is NC(=O)C1C=C2NC(CCCCC(=O)O)=C(c3ccccc3)NC2=CC1. The van der Waals surface area contributed by atoms with Crippen molar-refractivity contribution < 1.29 is 14.7 Å². The predicted octanol–water partition coefficient (Wildman–Crippen LogP) is 2.47. The normalized spacial score (nSPS) is 18.8. The fourth-order valence-corrected chi connectivity index (χ4v) is 3.19. The van der Waals surface area contributed by atoms with Gasteiger partial charge in [-0.05, 0) is 37.3 Å². The highest BCUT2D eigenvalue weighted by Gasteiger charge is 2.25. The number of amides is 1. The second-order valence-electron chi connectivity index (χ2n) is 6.51. The van der Waals surface area contributed by atoms with Gasteiger partial charge in [0.2, 0.25) is 5.91 Å². The molecule has 1 amide bonds. The maximum absolute atomic E-state index is 11.5. The summed E-state index contributed by atoms with van der Waals surface area (Å²) in [5, 5.41) is 15.7. The fraction of sp³-hybridized carbons (Fsp3) is 0.300. The summed E-state index contributed by atoms with van der Waals surface area (Å²) in [5.41, 5.74) is 10.3. The lowest BCUT2D eigenvalue weighted by atomic mass is 9.93. The van der Waals surface area contributed by atoms with Crippen LogP contribution >= 0.6 is 0 Å². The van der Waals surface area contributed by atoms with Gasteiger partial charge >= 0.3 is 5.97 Å². The lowest BCUT2D eigenvalue weighted by molar-refractivity contribution is -0.137. The minimum atomic E-state index is -0.776. The molecule has 0 saturated carbocycles. The van der Waals surface area contributed by atoms with Crippen molar-refractivity contribution in [2.45, 2.75) is 32.1 Å². The molecule has 0 radical (unpaired) electrons. The van der Waals surface area contributed by atoms with E-state index in [0.717, 1.165) is 41.2 Å². The molecule has 2 aliphatic rings. The molecule has 6 heteroatoms. The molecule has 1 aliphatic heterocycles. The standard InChI is InChI=1S/C20H23N3O3/c21-20(26)14-10-11-15-17(12-14)22-16(8-4-5-9-18(24)25)19(23-15)13-6-2-1-3-7-13/h1-3,6-7,11-12,14,22-23H,4-5,8-10H2,(H2,21,26)(H,24,25).